The van der Waals surface area contributed by atoms with Gasteiger partial charge in [0.25, 0.3) is 5.91 Å². The quantitative estimate of drug-likeness (QED) is 0.908. The molecule has 0 bridgehead atoms. The van der Waals surface area contributed by atoms with Crippen LogP contribution in [0.3, 0.4) is 0 Å². The molecule has 1 aromatic rings. The number of β-amino-alcohol motifs (C(OH)–C–C–N with tert-alkyl or cyclic N) is 1. The van der Waals surface area contributed by atoms with Crippen LogP contribution in [0.25, 0.3) is 0 Å². The van der Waals surface area contributed by atoms with Crippen LogP contribution in [0.2, 0.25) is 5.02 Å². The maximum absolute atomic E-state index is 12.6. The van der Waals surface area contributed by atoms with Crippen molar-refractivity contribution in [3.8, 4) is 0 Å². The molecule has 0 radical (unpaired) electrons. The van der Waals surface area contributed by atoms with Gasteiger partial charge in [0.15, 0.2) is 0 Å². The van der Waals surface area contributed by atoms with E-state index in [2.05, 4.69) is 0 Å². The highest BCUT2D eigenvalue weighted by Crippen LogP contribution is 2.40. The van der Waals surface area contributed by atoms with Crippen molar-refractivity contribution in [1.82, 2.24) is 9.80 Å². The zero-order valence-electron chi connectivity index (χ0n) is 13.7. The number of amides is 2. The Morgan fingerprint density at radius 1 is 1.17 bits per heavy atom. The van der Waals surface area contributed by atoms with Gasteiger partial charge >= 0.3 is 0 Å². The minimum absolute atomic E-state index is 0.00297. The van der Waals surface area contributed by atoms with E-state index in [4.69, 9.17) is 16.7 Å². The molecule has 0 aromatic heterocycles. The molecule has 5 nitrogen and oxygen atoms in total. The Kier molecular flexibility index (Phi) is 5.11. The normalized spacial score (nSPS) is 20.5. The number of hydrogen-bond donors (Lipinski definition) is 1. The zero-order chi connectivity index (χ0) is 17.2. The number of benzene rings is 1. The van der Waals surface area contributed by atoms with E-state index in [1.807, 2.05) is 4.90 Å². The van der Waals surface area contributed by atoms with E-state index in [1.165, 1.54) is 0 Å². The molecule has 2 saturated heterocycles. The van der Waals surface area contributed by atoms with Crippen LogP contribution in [0, 0.1) is 5.41 Å². The monoisotopic (exact) mass is 350 g/mol. The highest BCUT2D eigenvalue weighted by Gasteiger charge is 2.41. The Morgan fingerprint density at radius 3 is 2.46 bits per heavy atom. The molecule has 1 N–H and O–H groups in total. The van der Waals surface area contributed by atoms with Crippen molar-refractivity contribution in [2.75, 3.05) is 32.8 Å². The minimum atomic E-state index is 0.00297. The van der Waals surface area contributed by atoms with Crippen molar-refractivity contribution in [2.45, 2.75) is 25.7 Å². The molecule has 2 aliphatic rings. The van der Waals surface area contributed by atoms with E-state index in [-0.39, 0.29) is 23.8 Å². The summed E-state index contributed by atoms with van der Waals surface area (Å²) in [5.41, 5.74) is 0.760. The van der Waals surface area contributed by atoms with Gasteiger partial charge in [0.05, 0.1) is 6.61 Å². The molecule has 0 atom stereocenters. The van der Waals surface area contributed by atoms with Crippen LogP contribution in [0.4, 0.5) is 0 Å². The van der Waals surface area contributed by atoms with Crippen LogP contribution in [-0.2, 0) is 4.79 Å². The molecule has 2 amide bonds. The lowest BCUT2D eigenvalue weighted by atomic mass is 9.72. The number of nitrogens with zero attached hydrogens (tertiary/aromatic N) is 2. The van der Waals surface area contributed by atoms with Gasteiger partial charge in [-0.15, -0.1) is 0 Å². The molecule has 2 fully saturated rings. The van der Waals surface area contributed by atoms with E-state index in [0.717, 1.165) is 19.3 Å². The third-order valence-corrected chi connectivity index (χ3v) is 5.57. The van der Waals surface area contributed by atoms with Crippen molar-refractivity contribution in [2.24, 2.45) is 5.41 Å². The standard InChI is InChI=1S/C18H23ClN2O3/c19-15-3-1-14(2-4-15)17(24)20-9-7-18(8-10-20)6-5-16(23)21(13-18)11-12-22/h1-4,22H,5-13H2. The van der Waals surface area contributed by atoms with Gasteiger partial charge in [-0.2, -0.15) is 0 Å². The Bertz CT molecular complexity index is 609. The average Bonchev–Trinajstić information content (AvgIpc) is 2.59. The van der Waals surface area contributed by atoms with E-state index in [0.29, 0.717) is 43.2 Å². The fraction of sp³-hybridized carbons (Fsp3) is 0.556. The largest absolute Gasteiger partial charge is 0.395 e. The first-order valence-corrected chi connectivity index (χ1v) is 8.84. The second-order valence-corrected chi connectivity index (χ2v) is 7.27. The Morgan fingerprint density at radius 2 is 1.83 bits per heavy atom. The summed E-state index contributed by atoms with van der Waals surface area (Å²) in [6.45, 7) is 2.54. The van der Waals surface area contributed by atoms with Crippen molar-refractivity contribution in [3.05, 3.63) is 34.9 Å². The number of rotatable bonds is 3. The van der Waals surface area contributed by atoms with E-state index < -0.39 is 0 Å². The minimum Gasteiger partial charge on any atom is -0.395 e. The molecule has 0 aliphatic carbocycles. The molecule has 24 heavy (non-hydrogen) atoms. The Labute approximate surface area is 147 Å². The first-order chi connectivity index (χ1) is 11.5. The molecule has 2 aliphatic heterocycles. The van der Waals surface area contributed by atoms with Crippen molar-refractivity contribution >= 4 is 23.4 Å². The highest BCUT2D eigenvalue weighted by atomic mass is 35.5. The zero-order valence-corrected chi connectivity index (χ0v) is 14.5. The lowest BCUT2D eigenvalue weighted by molar-refractivity contribution is -0.139. The number of hydrogen-bond acceptors (Lipinski definition) is 3. The second kappa shape index (κ2) is 7.11. The second-order valence-electron chi connectivity index (χ2n) is 6.84. The highest BCUT2D eigenvalue weighted by molar-refractivity contribution is 6.30. The smallest absolute Gasteiger partial charge is 0.253 e. The maximum Gasteiger partial charge on any atom is 0.253 e. The number of likely N-dealkylation sites (tertiary alicyclic amines) is 2. The van der Waals surface area contributed by atoms with E-state index in [1.54, 1.807) is 29.2 Å². The summed E-state index contributed by atoms with van der Waals surface area (Å²) < 4.78 is 0. The SMILES string of the molecule is O=C1CCC2(CCN(C(=O)c3ccc(Cl)cc3)CC2)CN1CCO. The van der Waals surface area contributed by atoms with Gasteiger partial charge in [-0.05, 0) is 48.9 Å². The Balaban J connectivity index is 1.62. The molecule has 1 spiro atoms. The van der Waals surface area contributed by atoms with E-state index in [9.17, 15) is 9.59 Å². The van der Waals surface area contributed by atoms with Gasteiger partial charge in [-0.25, -0.2) is 0 Å². The van der Waals surface area contributed by atoms with Crippen molar-refractivity contribution in [3.63, 3.8) is 0 Å². The lowest BCUT2D eigenvalue weighted by Crippen LogP contribution is -2.52. The summed E-state index contributed by atoms with van der Waals surface area (Å²) >= 11 is 5.88. The van der Waals surface area contributed by atoms with Crippen molar-refractivity contribution in [1.29, 1.82) is 0 Å². The fourth-order valence-electron chi connectivity index (χ4n) is 3.79. The van der Waals surface area contributed by atoms with Gasteiger partial charge in [0.2, 0.25) is 5.91 Å². The summed E-state index contributed by atoms with van der Waals surface area (Å²) in [6, 6.07) is 6.99. The van der Waals surface area contributed by atoms with Gasteiger partial charge in [0.1, 0.15) is 0 Å². The predicted octanol–water partition coefficient (Wildman–Crippen LogP) is 2.18. The van der Waals surface area contributed by atoms with Gasteiger partial charge in [-0.1, -0.05) is 11.6 Å². The number of aliphatic hydroxyl groups is 1. The molecular formula is C18H23ClN2O3. The van der Waals surface area contributed by atoms with Gasteiger partial charge in [-0.3, -0.25) is 9.59 Å². The number of aliphatic hydroxyl groups excluding tert-OH is 1. The Hall–Kier alpha value is -1.59. The van der Waals surface area contributed by atoms with Crippen molar-refractivity contribution < 1.29 is 14.7 Å². The summed E-state index contributed by atoms with van der Waals surface area (Å²) in [4.78, 5) is 28.2. The molecule has 0 saturated carbocycles. The lowest BCUT2D eigenvalue weighted by Gasteiger charge is -2.47. The molecule has 2 heterocycles. The van der Waals surface area contributed by atoms with Gasteiger partial charge in [0, 0.05) is 43.2 Å². The van der Waals surface area contributed by atoms with Crippen LogP contribution in [0.1, 0.15) is 36.0 Å². The molecule has 3 rings (SSSR count). The number of halogens is 1. The van der Waals surface area contributed by atoms with Crippen LogP contribution in [0.15, 0.2) is 24.3 Å². The van der Waals surface area contributed by atoms with Crippen LogP contribution >= 0.6 is 11.6 Å². The first-order valence-electron chi connectivity index (χ1n) is 8.46. The molecular weight excluding hydrogens is 328 g/mol. The molecule has 0 unspecified atom stereocenters. The first kappa shape index (κ1) is 17.2. The summed E-state index contributed by atoms with van der Waals surface area (Å²) in [7, 11) is 0. The molecule has 1 aromatic carbocycles. The third-order valence-electron chi connectivity index (χ3n) is 5.32. The van der Waals surface area contributed by atoms with Crippen LogP contribution in [0.5, 0.6) is 0 Å². The van der Waals surface area contributed by atoms with Gasteiger partial charge < -0.3 is 14.9 Å². The summed E-state index contributed by atoms with van der Waals surface area (Å²) in [5.74, 6) is 0.176. The molecule has 6 heteroatoms. The van der Waals surface area contributed by atoms with E-state index >= 15 is 0 Å². The van der Waals surface area contributed by atoms with Crippen LogP contribution < -0.4 is 0 Å². The summed E-state index contributed by atoms with van der Waals surface area (Å²) in [6.07, 6.45) is 3.24. The predicted molar refractivity (Wildman–Crippen MR) is 91.9 cm³/mol. The third kappa shape index (κ3) is 3.57. The maximum atomic E-state index is 12.6. The summed E-state index contributed by atoms with van der Waals surface area (Å²) in [5, 5.41) is 9.75. The molecule has 130 valence electrons. The number of carbonyl (C=O) groups excluding carboxylic acids is 2. The fourth-order valence-corrected chi connectivity index (χ4v) is 3.92. The number of carbonyl (C=O) groups is 2. The number of piperidine rings is 2. The average molecular weight is 351 g/mol. The topological polar surface area (TPSA) is 60.9 Å². The van der Waals surface area contributed by atoms with Crippen LogP contribution in [-0.4, -0.2) is 59.5 Å².